The van der Waals surface area contributed by atoms with E-state index in [2.05, 4.69) is 50.9 Å². The van der Waals surface area contributed by atoms with E-state index in [1.807, 2.05) is 51.1 Å². The quantitative estimate of drug-likeness (QED) is 0.449. The Labute approximate surface area is 195 Å². The first-order valence-corrected chi connectivity index (χ1v) is 11.6. The number of ether oxygens (including phenoxy) is 1. The van der Waals surface area contributed by atoms with E-state index < -0.39 is 0 Å². The molecule has 0 bridgehead atoms. The van der Waals surface area contributed by atoms with Crippen LogP contribution in [0.3, 0.4) is 0 Å². The molecule has 4 aromatic rings. The fourth-order valence-electron chi connectivity index (χ4n) is 4.59. The molecular weight excluding hydrogens is 412 g/mol. The summed E-state index contributed by atoms with van der Waals surface area (Å²) < 4.78 is 8.11. The van der Waals surface area contributed by atoms with Gasteiger partial charge in [-0.05, 0) is 44.0 Å². The highest BCUT2D eigenvalue weighted by molar-refractivity contribution is 6.02. The number of anilines is 1. The Morgan fingerprint density at radius 3 is 2.52 bits per heavy atom. The molecule has 1 fully saturated rings. The standard InChI is InChI=1S/C24H26N6O.C2H6/c1-14-5-4-6-19(29-14)31-18-9-7-16(8-10-18)20-21-23(25)27-13-28-24(21)30(3)22(20)17-11-15(2)26-12-17;1-2/h4-10,13,15,17,26H,11-12H2,1-3H3,(H2,25,27,28);1-2H3. The van der Waals surface area contributed by atoms with Gasteiger partial charge in [-0.3, -0.25) is 0 Å². The van der Waals surface area contributed by atoms with E-state index in [0.29, 0.717) is 23.7 Å². The summed E-state index contributed by atoms with van der Waals surface area (Å²) in [6.45, 7) is 9.11. The van der Waals surface area contributed by atoms with Crippen molar-refractivity contribution in [3.8, 4) is 22.8 Å². The van der Waals surface area contributed by atoms with Gasteiger partial charge in [0.15, 0.2) is 0 Å². The number of nitrogen functional groups attached to an aromatic ring is 1. The maximum atomic E-state index is 6.34. The maximum absolute atomic E-state index is 6.34. The largest absolute Gasteiger partial charge is 0.439 e. The molecular formula is C26H32N6O. The van der Waals surface area contributed by atoms with Crippen LogP contribution in [0.1, 0.15) is 44.5 Å². The van der Waals surface area contributed by atoms with Crippen molar-refractivity contribution in [2.24, 2.45) is 7.05 Å². The molecule has 7 nitrogen and oxygen atoms in total. The van der Waals surface area contributed by atoms with Crippen molar-refractivity contribution in [2.75, 3.05) is 12.3 Å². The Morgan fingerprint density at radius 2 is 1.85 bits per heavy atom. The number of fused-ring (bicyclic) bond motifs is 1. The Kier molecular flexibility index (Phi) is 6.60. The highest BCUT2D eigenvalue weighted by Gasteiger charge is 2.30. The zero-order valence-electron chi connectivity index (χ0n) is 20.0. The van der Waals surface area contributed by atoms with E-state index in [0.717, 1.165) is 46.6 Å². The van der Waals surface area contributed by atoms with Crippen LogP contribution >= 0.6 is 0 Å². The highest BCUT2D eigenvalue weighted by atomic mass is 16.5. The SMILES string of the molecule is CC.Cc1cccc(Oc2ccc(-c3c(C4CNC(C)C4)n(C)c4ncnc(N)c34)cc2)n1. The first-order chi connectivity index (χ1) is 16.0. The Hall–Kier alpha value is -3.45. The van der Waals surface area contributed by atoms with Crippen molar-refractivity contribution in [3.63, 3.8) is 0 Å². The third-order valence-electron chi connectivity index (χ3n) is 6.01. The zero-order chi connectivity index (χ0) is 23.5. The molecule has 1 aliphatic heterocycles. The van der Waals surface area contributed by atoms with Crippen LogP contribution in [0.15, 0.2) is 48.8 Å². The third kappa shape index (κ3) is 4.41. The van der Waals surface area contributed by atoms with Crippen LogP contribution in [0.2, 0.25) is 0 Å². The summed E-state index contributed by atoms with van der Waals surface area (Å²) >= 11 is 0. The molecule has 7 heteroatoms. The second-order valence-electron chi connectivity index (χ2n) is 8.26. The van der Waals surface area contributed by atoms with Crippen molar-refractivity contribution in [2.45, 2.75) is 46.1 Å². The minimum absolute atomic E-state index is 0.385. The number of pyridine rings is 1. The summed E-state index contributed by atoms with van der Waals surface area (Å²) in [6.07, 6.45) is 2.61. The number of hydrogen-bond acceptors (Lipinski definition) is 6. The lowest BCUT2D eigenvalue weighted by atomic mass is 9.93. The minimum atomic E-state index is 0.385. The van der Waals surface area contributed by atoms with Gasteiger partial charge in [-0.25, -0.2) is 15.0 Å². The molecule has 33 heavy (non-hydrogen) atoms. The van der Waals surface area contributed by atoms with Crippen LogP contribution in [-0.4, -0.2) is 32.1 Å². The number of aromatic nitrogens is 4. The number of nitrogens with two attached hydrogens (primary N) is 1. The monoisotopic (exact) mass is 444 g/mol. The number of benzene rings is 1. The van der Waals surface area contributed by atoms with Gasteiger partial charge in [0.2, 0.25) is 5.88 Å². The Balaban J connectivity index is 0.00000126. The maximum Gasteiger partial charge on any atom is 0.219 e. The van der Waals surface area contributed by atoms with Crippen LogP contribution in [-0.2, 0) is 7.05 Å². The molecule has 5 rings (SSSR count). The molecule has 0 aliphatic carbocycles. The van der Waals surface area contributed by atoms with Crippen LogP contribution in [0.5, 0.6) is 11.6 Å². The number of aryl methyl sites for hydroxylation is 2. The fourth-order valence-corrected chi connectivity index (χ4v) is 4.59. The summed E-state index contributed by atoms with van der Waals surface area (Å²) in [5.74, 6) is 2.22. The summed E-state index contributed by atoms with van der Waals surface area (Å²) in [7, 11) is 2.07. The number of rotatable bonds is 4. The lowest BCUT2D eigenvalue weighted by molar-refractivity contribution is 0.462. The molecule has 172 valence electrons. The minimum Gasteiger partial charge on any atom is -0.439 e. The summed E-state index contributed by atoms with van der Waals surface area (Å²) in [4.78, 5) is 13.2. The van der Waals surface area contributed by atoms with E-state index in [9.17, 15) is 0 Å². The zero-order valence-corrected chi connectivity index (χ0v) is 20.0. The van der Waals surface area contributed by atoms with Crippen molar-refractivity contribution in [3.05, 3.63) is 60.2 Å². The molecule has 4 heterocycles. The van der Waals surface area contributed by atoms with Gasteiger partial charge >= 0.3 is 0 Å². The van der Waals surface area contributed by atoms with Gasteiger partial charge < -0.3 is 20.4 Å². The molecule has 0 spiro atoms. The highest BCUT2D eigenvalue weighted by Crippen LogP contribution is 2.42. The first kappa shape index (κ1) is 22.7. The Bertz CT molecular complexity index is 1250. The Morgan fingerprint density at radius 1 is 1.09 bits per heavy atom. The lowest BCUT2D eigenvalue weighted by Gasteiger charge is -2.15. The van der Waals surface area contributed by atoms with E-state index >= 15 is 0 Å². The molecule has 1 saturated heterocycles. The third-order valence-corrected chi connectivity index (χ3v) is 6.01. The number of nitrogens with zero attached hydrogens (tertiary/aromatic N) is 4. The van der Waals surface area contributed by atoms with Crippen LogP contribution < -0.4 is 15.8 Å². The average Bonchev–Trinajstić information content (AvgIpc) is 3.37. The summed E-state index contributed by atoms with van der Waals surface area (Å²) in [6, 6.07) is 14.3. The summed E-state index contributed by atoms with van der Waals surface area (Å²) in [5.41, 5.74) is 11.5. The van der Waals surface area contributed by atoms with Crippen LogP contribution in [0, 0.1) is 6.92 Å². The topological polar surface area (TPSA) is 90.9 Å². The van der Waals surface area contributed by atoms with Gasteiger partial charge in [-0.15, -0.1) is 0 Å². The molecule has 0 amide bonds. The molecule has 0 radical (unpaired) electrons. The van der Waals surface area contributed by atoms with E-state index in [1.54, 1.807) is 0 Å². The number of hydrogen-bond donors (Lipinski definition) is 2. The van der Waals surface area contributed by atoms with Gasteiger partial charge in [0.25, 0.3) is 0 Å². The summed E-state index contributed by atoms with van der Waals surface area (Å²) in [5, 5.41) is 4.48. The average molecular weight is 445 g/mol. The molecule has 3 N–H and O–H groups in total. The van der Waals surface area contributed by atoms with Gasteiger partial charge in [0.05, 0.1) is 5.39 Å². The molecule has 2 unspecified atom stereocenters. The molecule has 2 atom stereocenters. The van der Waals surface area contributed by atoms with E-state index in [-0.39, 0.29) is 0 Å². The van der Waals surface area contributed by atoms with Crippen molar-refractivity contribution in [1.82, 2.24) is 24.8 Å². The predicted octanol–water partition coefficient (Wildman–Crippen LogP) is 5.20. The smallest absolute Gasteiger partial charge is 0.219 e. The molecule has 1 aliphatic rings. The lowest BCUT2D eigenvalue weighted by Crippen LogP contribution is -2.16. The van der Waals surface area contributed by atoms with Crippen LogP contribution in [0.25, 0.3) is 22.2 Å². The van der Waals surface area contributed by atoms with Gasteiger partial charge in [0.1, 0.15) is 23.5 Å². The van der Waals surface area contributed by atoms with Crippen molar-refractivity contribution in [1.29, 1.82) is 0 Å². The normalized spacial score (nSPS) is 17.6. The second kappa shape index (κ2) is 9.58. The van der Waals surface area contributed by atoms with E-state index in [1.165, 1.54) is 12.0 Å². The van der Waals surface area contributed by atoms with Gasteiger partial charge in [-0.2, -0.15) is 0 Å². The van der Waals surface area contributed by atoms with Gasteiger partial charge in [-0.1, -0.05) is 32.0 Å². The second-order valence-corrected chi connectivity index (χ2v) is 8.26. The van der Waals surface area contributed by atoms with Crippen molar-refractivity contribution >= 4 is 16.9 Å². The van der Waals surface area contributed by atoms with Crippen molar-refractivity contribution < 1.29 is 4.74 Å². The predicted molar refractivity (Wildman–Crippen MR) is 134 cm³/mol. The molecule has 3 aromatic heterocycles. The number of nitrogens with one attached hydrogen (secondary N) is 1. The van der Waals surface area contributed by atoms with E-state index in [4.69, 9.17) is 10.5 Å². The van der Waals surface area contributed by atoms with Gasteiger partial charge in [0, 0.05) is 48.6 Å². The molecule has 1 aromatic carbocycles. The van der Waals surface area contributed by atoms with Crippen LogP contribution in [0.4, 0.5) is 5.82 Å². The molecule has 0 saturated carbocycles. The first-order valence-electron chi connectivity index (χ1n) is 11.6. The fraction of sp³-hybridized carbons (Fsp3) is 0.346.